The second kappa shape index (κ2) is 5.07. The van der Waals surface area contributed by atoms with Crippen molar-refractivity contribution in [1.29, 1.82) is 0 Å². The van der Waals surface area contributed by atoms with Gasteiger partial charge >= 0.3 is 5.97 Å². The highest BCUT2D eigenvalue weighted by Crippen LogP contribution is 2.27. The average Bonchev–Trinajstić information content (AvgIpc) is 2.17. The molecule has 1 aromatic rings. The number of benzene rings is 1. The van der Waals surface area contributed by atoms with E-state index in [4.69, 9.17) is 5.11 Å². The molecule has 0 saturated heterocycles. The highest BCUT2D eigenvalue weighted by molar-refractivity contribution is 5.76. The molecule has 0 aliphatic rings. The van der Waals surface area contributed by atoms with Crippen LogP contribution in [0.4, 0.5) is 4.39 Å². The predicted molar refractivity (Wildman–Crippen MR) is 57.6 cm³/mol. The standard InChI is InChI=1S/C12H15FO3/c1-7(8(2)14)11(12(15)16)9-4-3-5-10(13)6-9/h3-8,11,14H,1-2H3,(H,15,16). The molecule has 3 atom stereocenters. The first kappa shape index (κ1) is 12.6. The van der Waals surface area contributed by atoms with E-state index in [-0.39, 0.29) is 0 Å². The highest BCUT2D eigenvalue weighted by Gasteiger charge is 2.29. The van der Waals surface area contributed by atoms with E-state index >= 15 is 0 Å². The minimum absolute atomic E-state index is 0.376. The van der Waals surface area contributed by atoms with E-state index < -0.39 is 29.7 Å². The Labute approximate surface area is 93.5 Å². The zero-order valence-corrected chi connectivity index (χ0v) is 9.22. The Balaban J connectivity index is 3.08. The Morgan fingerprint density at radius 2 is 2.00 bits per heavy atom. The van der Waals surface area contributed by atoms with Gasteiger partial charge in [-0.25, -0.2) is 4.39 Å². The zero-order valence-electron chi connectivity index (χ0n) is 9.22. The third kappa shape index (κ3) is 2.79. The third-order valence-electron chi connectivity index (χ3n) is 2.76. The van der Waals surface area contributed by atoms with Crippen LogP contribution in [0.5, 0.6) is 0 Å². The summed E-state index contributed by atoms with van der Waals surface area (Å²) < 4.78 is 13.0. The summed E-state index contributed by atoms with van der Waals surface area (Å²) in [5, 5.41) is 18.5. The van der Waals surface area contributed by atoms with Crippen LogP contribution in [-0.2, 0) is 4.79 Å². The molecule has 2 N–H and O–H groups in total. The van der Waals surface area contributed by atoms with Crippen molar-refractivity contribution in [2.75, 3.05) is 0 Å². The number of rotatable bonds is 4. The van der Waals surface area contributed by atoms with Crippen molar-refractivity contribution in [2.45, 2.75) is 25.9 Å². The van der Waals surface area contributed by atoms with Crippen molar-refractivity contribution < 1.29 is 19.4 Å². The highest BCUT2D eigenvalue weighted by atomic mass is 19.1. The molecule has 0 spiro atoms. The Bertz CT molecular complexity index is 376. The topological polar surface area (TPSA) is 57.5 Å². The number of hydrogen-bond acceptors (Lipinski definition) is 2. The van der Waals surface area contributed by atoms with Crippen LogP contribution in [0.3, 0.4) is 0 Å². The fourth-order valence-corrected chi connectivity index (χ4v) is 1.65. The van der Waals surface area contributed by atoms with Crippen LogP contribution >= 0.6 is 0 Å². The number of carbonyl (C=O) groups is 1. The number of carboxylic acids is 1. The third-order valence-corrected chi connectivity index (χ3v) is 2.76. The number of carboxylic acid groups (broad SMARTS) is 1. The van der Waals surface area contributed by atoms with Crippen molar-refractivity contribution in [3.8, 4) is 0 Å². The van der Waals surface area contributed by atoms with Gasteiger partial charge in [-0.3, -0.25) is 4.79 Å². The Hall–Kier alpha value is -1.42. The second-order valence-corrected chi connectivity index (χ2v) is 3.97. The lowest BCUT2D eigenvalue weighted by Gasteiger charge is -2.22. The normalized spacial score (nSPS) is 16.5. The maximum atomic E-state index is 13.0. The van der Waals surface area contributed by atoms with Gasteiger partial charge in [-0.1, -0.05) is 19.1 Å². The summed E-state index contributed by atoms with van der Waals surface area (Å²) in [6, 6.07) is 5.48. The van der Waals surface area contributed by atoms with E-state index in [0.717, 1.165) is 0 Å². The molecule has 0 amide bonds. The zero-order chi connectivity index (χ0) is 12.3. The van der Waals surface area contributed by atoms with E-state index in [9.17, 15) is 14.3 Å². The number of hydrogen-bond donors (Lipinski definition) is 2. The summed E-state index contributed by atoms with van der Waals surface area (Å²) >= 11 is 0. The van der Waals surface area contributed by atoms with Crippen LogP contribution in [-0.4, -0.2) is 22.3 Å². The van der Waals surface area contributed by atoms with E-state index in [1.54, 1.807) is 13.0 Å². The van der Waals surface area contributed by atoms with Crippen LogP contribution < -0.4 is 0 Å². The number of aliphatic hydroxyl groups is 1. The molecule has 0 aliphatic heterocycles. The lowest BCUT2D eigenvalue weighted by atomic mass is 9.84. The minimum atomic E-state index is -1.06. The maximum absolute atomic E-state index is 13.0. The van der Waals surface area contributed by atoms with Gasteiger partial charge in [0.05, 0.1) is 12.0 Å². The lowest BCUT2D eigenvalue weighted by molar-refractivity contribution is -0.141. The molecule has 0 aliphatic carbocycles. The predicted octanol–water partition coefficient (Wildman–Crippen LogP) is 2.01. The fourth-order valence-electron chi connectivity index (χ4n) is 1.65. The summed E-state index contributed by atoms with van der Waals surface area (Å²) in [6.45, 7) is 3.16. The fraction of sp³-hybridized carbons (Fsp3) is 0.417. The van der Waals surface area contributed by atoms with Gasteiger partial charge in [-0.2, -0.15) is 0 Å². The molecule has 0 fully saturated rings. The summed E-state index contributed by atoms with van der Waals surface area (Å²) in [5.74, 6) is -2.89. The first-order valence-corrected chi connectivity index (χ1v) is 5.09. The van der Waals surface area contributed by atoms with Crippen LogP contribution in [0, 0.1) is 11.7 Å². The van der Waals surface area contributed by atoms with Crippen molar-refractivity contribution >= 4 is 5.97 Å². The Kier molecular flexibility index (Phi) is 4.01. The van der Waals surface area contributed by atoms with E-state index in [1.807, 2.05) is 0 Å². The molecule has 1 aromatic carbocycles. The molecule has 0 aromatic heterocycles. The largest absolute Gasteiger partial charge is 0.481 e. The number of aliphatic carboxylic acids is 1. The SMILES string of the molecule is CC(O)C(C)C(C(=O)O)c1cccc(F)c1. The van der Waals surface area contributed by atoms with Gasteiger partial charge in [0.25, 0.3) is 0 Å². The first-order chi connectivity index (χ1) is 7.43. The molecular weight excluding hydrogens is 211 g/mol. The van der Waals surface area contributed by atoms with Crippen molar-refractivity contribution in [1.82, 2.24) is 0 Å². The van der Waals surface area contributed by atoms with Gasteiger partial charge < -0.3 is 10.2 Å². The second-order valence-electron chi connectivity index (χ2n) is 3.97. The van der Waals surface area contributed by atoms with E-state index in [2.05, 4.69) is 0 Å². The van der Waals surface area contributed by atoms with Gasteiger partial charge in [-0.15, -0.1) is 0 Å². The number of halogens is 1. The molecule has 0 saturated carbocycles. The smallest absolute Gasteiger partial charge is 0.311 e. The monoisotopic (exact) mass is 226 g/mol. The van der Waals surface area contributed by atoms with Crippen molar-refractivity contribution in [2.24, 2.45) is 5.92 Å². The molecular formula is C12H15FO3. The Morgan fingerprint density at radius 1 is 1.38 bits per heavy atom. The van der Waals surface area contributed by atoms with Crippen LogP contribution in [0.25, 0.3) is 0 Å². The molecule has 0 radical (unpaired) electrons. The summed E-state index contributed by atoms with van der Waals surface area (Å²) in [4.78, 5) is 11.1. The van der Waals surface area contributed by atoms with Crippen molar-refractivity contribution in [3.63, 3.8) is 0 Å². The Morgan fingerprint density at radius 3 is 2.44 bits per heavy atom. The van der Waals surface area contributed by atoms with Crippen molar-refractivity contribution in [3.05, 3.63) is 35.6 Å². The molecule has 3 unspecified atom stereocenters. The van der Waals surface area contributed by atoms with Crippen LogP contribution in [0.15, 0.2) is 24.3 Å². The molecule has 3 nitrogen and oxygen atoms in total. The van der Waals surface area contributed by atoms with Gasteiger partial charge in [-0.05, 0) is 30.5 Å². The molecule has 16 heavy (non-hydrogen) atoms. The average molecular weight is 226 g/mol. The maximum Gasteiger partial charge on any atom is 0.311 e. The van der Waals surface area contributed by atoms with Crippen LogP contribution in [0.1, 0.15) is 25.3 Å². The quantitative estimate of drug-likeness (QED) is 0.825. The molecule has 0 heterocycles. The molecule has 88 valence electrons. The van der Waals surface area contributed by atoms with E-state index in [0.29, 0.717) is 5.56 Å². The molecule has 0 bridgehead atoms. The van der Waals surface area contributed by atoms with Crippen LogP contribution in [0.2, 0.25) is 0 Å². The minimum Gasteiger partial charge on any atom is -0.481 e. The lowest BCUT2D eigenvalue weighted by Crippen LogP contribution is -2.27. The molecule has 4 heteroatoms. The summed E-state index contributed by atoms with van der Waals surface area (Å²) in [5.41, 5.74) is 0.376. The number of aliphatic hydroxyl groups excluding tert-OH is 1. The first-order valence-electron chi connectivity index (χ1n) is 5.09. The van der Waals surface area contributed by atoms with E-state index in [1.165, 1.54) is 25.1 Å². The van der Waals surface area contributed by atoms with Gasteiger partial charge in [0.2, 0.25) is 0 Å². The van der Waals surface area contributed by atoms with Gasteiger partial charge in [0, 0.05) is 0 Å². The summed E-state index contributed by atoms with van der Waals surface area (Å²) in [6.07, 6.45) is -0.760. The van der Waals surface area contributed by atoms with Gasteiger partial charge in [0.15, 0.2) is 0 Å². The van der Waals surface area contributed by atoms with Gasteiger partial charge in [0.1, 0.15) is 5.82 Å². The summed E-state index contributed by atoms with van der Waals surface area (Å²) in [7, 11) is 0. The molecule has 1 rings (SSSR count).